The fourth-order valence-electron chi connectivity index (χ4n) is 4.20. The standard InChI is InChI=1S/C25H29ClN6O2/c1-6-10-18(17-11-8-7-9-12-17)14-32-22(21-19(26)15-29(4)27-21)20-23(28-32)31(13-16(2)3)25(34)30(5)24(20)33/h7-12,15-16H,6,13-14H2,1-5H3. The van der Waals surface area contributed by atoms with Crippen molar-refractivity contribution in [2.24, 2.45) is 20.0 Å². The summed E-state index contributed by atoms with van der Waals surface area (Å²) < 4.78 is 6.07. The molecular formula is C25H29ClN6O2. The van der Waals surface area contributed by atoms with E-state index in [4.69, 9.17) is 16.7 Å². The van der Waals surface area contributed by atoms with Crippen LogP contribution in [-0.2, 0) is 27.2 Å². The molecular weight excluding hydrogens is 452 g/mol. The zero-order chi connectivity index (χ0) is 24.6. The molecule has 3 heterocycles. The molecule has 0 atom stereocenters. The highest BCUT2D eigenvalue weighted by molar-refractivity contribution is 6.33. The molecule has 0 unspecified atom stereocenters. The van der Waals surface area contributed by atoms with Gasteiger partial charge in [-0.05, 0) is 23.5 Å². The van der Waals surface area contributed by atoms with Gasteiger partial charge in [-0.25, -0.2) is 4.79 Å². The third-order valence-corrected chi connectivity index (χ3v) is 5.97. The highest BCUT2D eigenvalue weighted by atomic mass is 35.5. The van der Waals surface area contributed by atoms with Gasteiger partial charge in [-0.3, -0.25) is 23.3 Å². The number of benzene rings is 1. The summed E-state index contributed by atoms with van der Waals surface area (Å²) in [7, 11) is 3.27. The van der Waals surface area contributed by atoms with E-state index in [1.165, 1.54) is 7.05 Å². The molecule has 0 radical (unpaired) electrons. The van der Waals surface area contributed by atoms with Crippen molar-refractivity contribution in [3.05, 3.63) is 74.0 Å². The number of aromatic nitrogens is 6. The molecule has 0 aliphatic carbocycles. The molecule has 0 N–H and O–H groups in total. The summed E-state index contributed by atoms with van der Waals surface area (Å²) in [4.78, 5) is 26.4. The summed E-state index contributed by atoms with van der Waals surface area (Å²) in [6.07, 6.45) is 4.67. The Morgan fingerprint density at radius 2 is 1.82 bits per heavy atom. The largest absolute Gasteiger partial charge is 0.332 e. The molecule has 8 nitrogen and oxygen atoms in total. The third kappa shape index (κ3) is 4.25. The number of rotatable bonds is 7. The maximum absolute atomic E-state index is 13.4. The predicted molar refractivity (Wildman–Crippen MR) is 136 cm³/mol. The normalized spacial score (nSPS) is 12.3. The molecule has 0 aliphatic rings. The summed E-state index contributed by atoms with van der Waals surface area (Å²) in [5, 5.41) is 10.1. The van der Waals surface area contributed by atoms with Gasteiger partial charge in [0.05, 0.1) is 11.6 Å². The Labute approximate surface area is 202 Å². The van der Waals surface area contributed by atoms with Gasteiger partial charge in [-0.1, -0.05) is 68.8 Å². The number of aryl methyl sites for hydroxylation is 1. The molecule has 3 aromatic heterocycles. The first-order chi connectivity index (χ1) is 16.2. The Balaban J connectivity index is 2.07. The average molecular weight is 481 g/mol. The number of allylic oxidation sites excluding steroid dienone is 2. The number of fused-ring (bicyclic) bond motifs is 1. The van der Waals surface area contributed by atoms with Crippen molar-refractivity contribution >= 4 is 28.2 Å². The van der Waals surface area contributed by atoms with Gasteiger partial charge in [0.2, 0.25) is 0 Å². The second-order valence-electron chi connectivity index (χ2n) is 8.86. The molecule has 0 bridgehead atoms. The second-order valence-corrected chi connectivity index (χ2v) is 9.27. The van der Waals surface area contributed by atoms with Gasteiger partial charge in [0.25, 0.3) is 5.56 Å². The van der Waals surface area contributed by atoms with Gasteiger partial charge in [0.1, 0.15) is 16.8 Å². The second kappa shape index (κ2) is 9.46. The number of hydrogen-bond acceptors (Lipinski definition) is 4. The fraction of sp³-hybridized carbons (Fsp3) is 0.360. The van der Waals surface area contributed by atoms with Crippen molar-refractivity contribution in [2.75, 3.05) is 0 Å². The van der Waals surface area contributed by atoms with Crippen LogP contribution in [0, 0.1) is 5.92 Å². The van der Waals surface area contributed by atoms with E-state index in [0.29, 0.717) is 40.5 Å². The quantitative estimate of drug-likeness (QED) is 0.399. The summed E-state index contributed by atoms with van der Waals surface area (Å²) >= 11 is 6.55. The first kappa shape index (κ1) is 23.8. The van der Waals surface area contributed by atoms with Crippen molar-refractivity contribution in [3.8, 4) is 11.4 Å². The fourth-order valence-corrected chi connectivity index (χ4v) is 4.47. The van der Waals surface area contributed by atoms with E-state index in [0.717, 1.165) is 22.1 Å². The minimum absolute atomic E-state index is 0.185. The van der Waals surface area contributed by atoms with Gasteiger partial charge >= 0.3 is 5.69 Å². The van der Waals surface area contributed by atoms with Crippen LogP contribution >= 0.6 is 11.6 Å². The Morgan fingerprint density at radius 1 is 1.12 bits per heavy atom. The smallest absolute Gasteiger partial charge is 0.276 e. The molecule has 0 amide bonds. The molecule has 4 aromatic rings. The summed E-state index contributed by atoms with van der Waals surface area (Å²) in [5.74, 6) is 0.185. The van der Waals surface area contributed by atoms with Crippen LogP contribution < -0.4 is 11.2 Å². The monoisotopic (exact) mass is 480 g/mol. The molecule has 0 spiro atoms. The number of halogens is 1. The van der Waals surface area contributed by atoms with Gasteiger partial charge in [-0.15, -0.1) is 0 Å². The first-order valence-electron chi connectivity index (χ1n) is 11.4. The third-order valence-electron chi connectivity index (χ3n) is 5.70. The van der Waals surface area contributed by atoms with Gasteiger partial charge in [-0.2, -0.15) is 10.2 Å². The molecule has 178 valence electrons. The molecule has 0 aliphatic heterocycles. The summed E-state index contributed by atoms with van der Waals surface area (Å²) in [6, 6.07) is 10.1. The van der Waals surface area contributed by atoms with Crippen LogP contribution in [0.1, 0.15) is 32.8 Å². The van der Waals surface area contributed by atoms with E-state index in [1.54, 1.807) is 27.2 Å². The van der Waals surface area contributed by atoms with E-state index < -0.39 is 5.56 Å². The lowest BCUT2D eigenvalue weighted by Crippen LogP contribution is -2.38. The predicted octanol–water partition coefficient (Wildman–Crippen LogP) is 4.10. The number of hydrogen-bond donors (Lipinski definition) is 0. The van der Waals surface area contributed by atoms with Crippen LogP contribution in [0.25, 0.3) is 28.0 Å². The van der Waals surface area contributed by atoms with Crippen molar-refractivity contribution in [3.63, 3.8) is 0 Å². The van der Waals surface area contributed by atoms with Crippen LogP contribution in [0.3, 0.4) is 0 Å². The topological polar surface area (TPSA) is 79.6 Å². The Morgan fingerprint density at radius 3 is 2.41 bits per heavy atom. The number of nitrogens with zero attached hydrogens (tertiary/aromatic N) is 6. The van der Waals surface area contributed by atoms with Crippen molar-refractivity contribution in [2.45, 2.75) is 40.3 Å². The van der Waals surface area contributed by atoms with E-state index in [1.807, 2.05) is 44.2 Å². The maximum Gasteiger partial charge on any atom is 0.332 e. The molecule has 0 saturated heterocycles. The van der Waals surface area contributed by atoms with Crippen molar-refractivity contribution in [1.82, 2.24) is 28.7 Å². The zero-order valence-electron chi connectivity index (χ0n) is 20.1. The van der Waals surface area contributed by atoms with Crippen LogP contribution in [-0.4, -0.2) is 28.7 Å². The van der Waals surface area contributed by atoms with Crippen LogP contribution in [0.5, 0.6) is 0 Å². The van der Waals surface area contributed by atoms with Crippen LogP contribution in [0.15, 0.2) is 52.2 Å². The minimum atomic E-state index is -0.413. The van der Waals surface area contributed by atoms with Gasteiger partial charge in [0.15, 0.2) is 5.65 Å². The van der Waals surface area contributed by atoms with Crippen molar-refractivity contribution < 1.29 is 0 Å². The molecule has 0 saturated carbocycles. The SMILES string of the molecule is CCC=C(Cn1nc2c(c1-c1nn(C)cc1Cl)c(=O)n(C)c(=O)n2CC(C)C)c1ccccc1. The lowest BCUT2D eigenvalue weighted by molar-refractivity contribution is 0.498. The Hall–Kier alpha value is -3.39. The van der Waals surface area contributed by atoms with Gasteiger partial charge in [0, 0.05) is 26.8 Å². The van der Waals surface area contributed by atoms with E-state index in [-0.39, 0.29) is 11.6 Å². The zero-order valence-corrected chi connectivity index (χ0v) is 20.9. The van der Waals surface area contributed by atoms with E-state index >= 15 is 0 Å². The van der Waals surface area contributed by atoms with Crippen LogP contribution in [0.4, 0.5) is 0 Å². The Bertz CT molecular complexity index is 1490. The highest BCUT2D eigenvalue weighted by Crippen LogP contribution is 2.32. The van der Waals surface area contributed by atoms with E-state index in [2.05, 4.69) is 18.1 Å². The average Bonchev–Trinajstić information content (AvgIpc) is 3.34. The molecule has 34 heavy (non-hydrogen) atoms. The van der Waals surface area contributed by atoms with Crippen molar-refractivity contribution in [1.29, 1.82) is 0 Å². The lowest BCUT2D eigenvalue weighted by Gasteiger charge is -2.11. The maximum atomic E-state index is 13.4. The van der Waals surface area contributed by atoms with Gasteiger partial charge < -0.3 is 0 Å². The molecule has 9 heteroatoms. The summed E-state index contributed by atoms with van der Waals surface area (Å²) in [5.41, 5.74) is 2.64. The highest BCUT2D eigenvalue weighted by Gasteiger charge is 2.26. The lowest BCUT2D eigenvalue weighted by atomic mass is 10.0. The minimum Gasteiger partial charge on any atom is -0.276 e. The van der Waals surface area contributed by atoms with E-state index in [9.17, 15) is 9.59 Å². The molecule has 0 fully saturated rings. The summed E-state index contributed by atoms with van der Waals surface area (Å²) in [6.45, 7) is 6.96. The van der Waals surface area contributed by atoms with Crippen LogP contribution in [0.2, 0.25) is 5.02 Å². The molecule has 1 aromatic carbocycles. The first-order valence-corrected chi connectivity index (χ1v) is 11.7. The Kier molecular flexibility index (Phi) is 6.61. The molecule has 4 rings (SSSR count).